The van der Waals surface area contributed by atoms with E-state index in [2.05, 4.69) is 26.8 Å². The number of nitrogens with zero attached hydrogens (tertiary/aromatic N) is 4. The van der Waals surface area contributed by atoms with Crippen LogP contribution in [0.3, 0.4) is 0 Å². The molecule has 0 spiro atoms. The van der Waals surface area contributed by atoms with Gasteiger partial charge in [0.1, 0.15) is 0 Å². The Hall–Kier alpha value is -2.19. The summed E-state index contributed by atoms with van der Waals surface area (Å²) in [7, 11) is 0. The number of aromatic nitrogens is 4. The molecule has 18 heavy (non-hydrogen) atoms. The molecule has 0 aliphatic rings. The Labute approximate surface area is 106 Å². The first-order chi connectivity index (χ1) is 8.62. The molecule has 0 saturated heterocycles. The molecule has 92 valence electrons. The zero-order chi connectivity index (χ0) is 13.0. The predicted octanol–water partition coefficient (Wildman–Crippen LogP) is 1.16. The molecule has 2 aromatic rings. The molecule has 0 aliphatic heterocycles. The van der Waals surface area contributed by atoms with Crippen molar-refractivity contribution in [3.05, 3.63) is 36.2 Å². The normalized spacial score (nSPS) is 11.2. The second-order valence-electron chi connectivity index (χ2n) is 4.47. The molecular formula is C13H15N5. The first kappa shape index (κ1) is 12.3. The van der Waals surface area contributed by atoms with Crippen LogP contribution in [-0.4, -0.2) is 25.7 Å². The van der Waals surface area contributed by atoms with Crippen LogP contribution >= 0.6 is 0 Å². The smallest absolute Gasteiger partial charge is 0.170 e. The summed E-state index contributed by atoms with van der Waals surface area (Å²) in [5.41, 5.74) is 0.547. The number of benzene rings is 1. The van der Waals surface area contributed by atoms with Gasteiger partial charge < -0.3 is 0 Å². The van der Waals surface area contributed by atoms with Crippen LogP contribution in [-0.2, 0) is 6.54 Å². The van der Waals surface area contributed by atoms with E-state index in [1.807, 2.05) is 44.2 Å². The SMILES string of the molecule is C#CC(C)(C)NCc1nnnn1-c1ccccc1. The lowest BCUT2D eigenvalue weighted by molar-refractivity contribution is 0.477. The second kappa shape index (κ2) is 4.98. The number of nitrogens with one attached hydrogen (secondary N) is 1. The molecule has 5 nitrogen and oxygen atoms in total. The lowest BCUT2D eigenvalue weighted by Crippen LogP contribution is -2.37. The second-order valence-corrected chi connectivity index (χ2v) is 4.47. The van der Waals surface area contributed by atoms with Crippen molar-refractivity contribution >= 4 is 0 Å². The van der Waals surface area contributed by atoms with Crippen molar-refractivity contribution in [2.45, 2.75) is 25.9 Å². The van der Waals surface area contributed by atoms with E-state index in [0.717, 1.165) is 11.5 Å². The summed E-state index contributed by atoms with van der Waals surface area (Å²) in [6.07, 6.45) is 5.42. The van der Waals surface area contributed by atoms with E-state index in [-0.39, 0.29) is 5.54 Å². The van der Waals surface area contributed by atoms with Crippen LogP contribution in [0.2, 0.25) is 0 Å². The van der Waals surface area contributed by atoms with Gasteiger partial charge in [0.05, 0.1) is 17.8 Å². The van der Waals surface area contributed by atoms with Gasteiger partial charge in [-0.15, -0.1) is 11.5 Å². The van der Waals surface area contributed by atoms with Gasteiger partial charge in [0.25, 0.3) is 0 Å². The molecule has 0 fully saturated rings. The highest BCUT2D eigenvalue weighted by molar-refractivity contribution is 5.30. The maximum atomic E-state index is 5.42. The summed E-state index contributed by atoms with van der Waals surface area (Å²) in [5, 5.41) is 14.9. The van der Waals surface area contributed by atoms with E-state index in [0.29, 0.717) is 6.54 Å². The van der Waals surface area contributed by atoms with E-state index in [1.54, 1.807) is 4.68 Å². The van der Waals surface area contributed by atoms with Crippen molar-refractivity contribution in [1.82, 2.24) is 25.5 Å². The topological polar surface area (TPSA) is 55.6 Å². The fraction of sp³-hybridized carbons (Fsp3) is 0.308. The number of para-hydroxylation sites is 1. The van der Waals surface area contributed by atoms with Crippen molar-refractivity contribution in [3.63, 3.8) is 0 Å². The zero-order valence-corrected chi connectivity index (χ0v) is 10.5. The predicted molar refractivity (Wildman–Crippen MR) is 68.9 cm³/mol. The van der Waals surface area contributed by atoms with Crippen LogP contribution in [0.1, 0.15) is 19.7 Å². The Morgan fingerprint density at radius 1 is 1.33 bits per heavy atom. The van der Waals surface area contributed by atoms with Crippen LogP contribution in [0.15, 0.2) is 30.3 Å². The highest BCUT2D eigenvalue weighted by Gasteiger charge is 2.15. The molecular weight excluding hydrogens is 226 g/mol. The van der Waals surface area contributed by atoms with E-state index in [1.165, 1.54) is 0 Å². The summed E-state index contributed by atoms with van der Waals surface area (Å²) >= 11 is 0. The molecule has 5 heteroatoms. The number of terminal acetylenes is 1. The van der Waals surface area contributed by atoms with Crippen molar-refractivity contribution < 1.29 is 0 Å². The van der Waals surface area contributed by atoms with Crippen LogP contribution in [0.5, 0.6) is 0 Å². The van der Waals surface area contributed by atoms with Crippen LogP contribution in [0, 0.1) is 12.3 Å². The Bertz CT molecular complexity index is 550. The third kappa shape index (κ3) is 2.73. The van der Waals surface area contributed by atoms with E-state index in [4.69, 9.17) is 6.42 Å². The van der Waals surface area contributed by atoms with Crippen molar-refractivity contribution in [1.29, 1.82) is 0 Å². The fourth-order valence-corrected chi connectivity index (χ4v) is 1.44. The summed E-state index contributed by atoms with van der Waals surface area (Å²) < 4.78 is 1.69. The molecule has 0 amide bonds. The molecule has 2 rings (SSSR count). The highest BCUT2D eigenvalue weighted by Crippen LogP contribution is 2.08. The van der Waals surface area contributed by atoms with Gasteiger partial charge in [0, 0.05) is 0 Å². The minimum Gasteiger partial charge on any atom is -0.294 e. The number of tetrazole rings is 1. The van der Waals surface area contributed by atoms with Crippen molar-refractivity contribution in [2.24, 2.45) is 0 Å². The summed E-state index contributed by atoms with van der Waals surface area (Å²) in [4.78, 5) is 0. The van der Waals surface area contributed by atoms with Gasteiger partial charge in [-0.1, -0.05) is 24.1 Å². The van der Waals surface area contributed by atoms with Gasteiger partial charge >= 0.3 is 0 Å². The molecule has 1 aromatic heterocycles. The third-order valence-corrected chi connectivity index (χ3v) is 2.58. The number of rotatable bonds is 4. The maximum absolute atomic E-state index is 5.42. The zero-order valence-electron chi connectivity index (χ0n) is 10.5. The average molecular weight is 241 g/mol. The van der Waals surface area contributed by atoms with Crippen LogP contribution in [0.25, 0.3) is 5.69 Å². The Balaban J connectivity index is 2.17. The van der Waals surface area contributed by atoms with Gasteiger partial charge in [-0.2, -0.15) is 4.68 Å². The minimum atomic E-state index is -0.381. The monoisotopic (exact) mass is 241 g/mol. The lowest BCUT2D eigenvalue weighted by Gasteiger charge is -2.18. The maximum Gasteiger partial charge on any atom is 0.170 e. The molecule has 0 radical (unpaired) electrons. The summed E-state index contributed by atoms with van der Waals surface area (Å²) in [6, 6.07) is 9.74. The van der Waals surface area contributed by atoms with Gasteiger partial charge in [-0.25, -0.2) is 0 Å². The van der Waals surface area contributed by atoms with Gasteiger partial charge in [-0.3, -0.25) is 5.32 Å². The van der Waals surface area contributed by atoms with Gasteiger partial charge in [0.15, 0.2) is 5.82 Å². The number of hydrogen-bond acceptors (Lipinski definition) is 4. The number of hydrogen-bond donors (Lipinski definition) is 1. The molecule has 0 unspecified atom stereocenters. The van der Waals surface area contributed by atoms with E-state index < -0.39 is 0 Å². The van der Waals surface area contributed by atoms with Crippen LogP contribution < -0.4 is 5.32 Å². The molecule has 1 heterocycles. The van der Waals surface area contributed by atoms with Crippen molar-refractivity contribution in [3.8, 4) is 18.0 Å². The average Bonchev–Trinajstić information content (AvgIpc) is 2.86. The standard InChI is InChI=1S/C13H15N5/c1-4-13(2,3)14-10-12-15-16-17-18(12)11-8-6-5-7-9-11/h1,5-9,14H,10H2,2-3H3. The first-order valence-corrected chi connectivity index (χ1v) is 5.68. The minimum absolute atomic E-state index is 0.381. The highest BCUT2D eigenvalue weighted by atomic mass is 15.5. The Kier molecular flexibility index (Phi) is 3.40. The largest absolute Gasteiger partial charge is 0.294 e. The first-order valence-electron chi connectivity index (χ1n) is 5.68. The van der Waals surface area contributed by atoms with Gasteiger partial charge in [-0.05, 0) is 36.4 Å². The molecule has 1 N–H and O–H groups in total. The quantitative estimate of drug-likeness (QED) is 0.816. The van der Waals surface area contributed by atoms with Gasteiger partial charge in [0.2, 0.25) is 0 Å². The molecule has 0 bridgehead atoms. The molecule has 0 atom stereocenters. The summed E-state index contributed by atoms with van der Waals surface area (Å²) in [6.45, 7) is 4.38. The van der Waals surface area contributed by atoms with Crippen molar-refractivity contribution in [2.75, 3.05) is 0 Å². The fourth-order valence-electron chi connectivity index (χ4n) is 1.44. The lowest BCUT2D eigenvalue weighted by atomic mass is 10.1. The Morgan fingerprint density at radius 3 is 2.72 bits per heavy atom. The van der Waals surface area contributed by atoms with E-state index in [9.17, 15) is 0 Å². The molecule has 1 aromatic carbocycles. The molecule has 0 aliphatic carbocycles. The van der Waals surface area contributed by atoms with Crippen LogP contribution in [0.4, 0.5) is 0 Å². The summed E-state index contributed by atoms with van der Waals surface area (Å²) in [5.74, 6) is 3.40. The molecule has 0 saturated carbocycles. The Morgan fingerprint density at radius 2 is 2.06 bits per heavy atom. The third-order valence-electron chi connectivity index (χ3n) is 2.58. The van der Waals surface area contributed by atoms with E-state index >= 15 is 0 Å².